The fraction of sp³-hybridized carbons (Fsp3) is 0.263. The molecule has 1 aromatic heterocycles. The SMILES string of the molecule is C=CNc1ncc(-c2cccc(C(=O)N3CCOCC3)c2)cc1C. The number of nitrogens with one attached hydrogen (secondary N) is 1. The predicted molar refractivity (Wildman–Crippen MR) is 95.0 cm³/mol. The normalized spacial score (nSPS) is 14.3. The van der Waals surface area contributed by atoms with Crippen LogP contribution >= 0.6 is 0 Å². The maximum atomic E-state index is 12.6. The Kier molecular flexibility index (Phi) is 4.91. The van der Waals surface area contributed by atoms with Gasteiger partial charge in [-0.3, -0.25) is 4.79 Å². The van der Waals surface area contributed by atoms with Gasteiger partial charge in [0.25, 0.3) is 5.91 Å². The molecule has 0 radical (unpaired) electrons. The third-order valence-electron chi connectivity index (χ3n) is 4.06. The number of ether oxygens (including phenoxy) is 1. The van der Waals surface area contributed by atoms with E-state index in [0.717, 1.165) is 22.5 Å². The number of amides is 1. The molecule has 24 heavy (non-hydrogen) atoms. The van der Waals surface area contributed by atoms with Crippen molar-refractivity contribution < 1.29 is 9.53 Å². The zero-order valence-electron chi connectivity index (χ0n) is 13.8. The summed E-state index contributed by atoms with van der Waals surface area (Å²) in [6.07, 6.45) is 3.41. The molecule has 0 aliphatic carbocycles. The highest BCUT2D eigenvalue weighted by Crippen LogP contribution is 2.24. The van der Waals surface area contributed by atoms with Gasteiger partial charge < -0.3 is 15.0 Å². The summed E-state index contributed by atoms with van der Waals surface area (Å²) in [6, 6.07) is 9.74. The highest BCUT2D eigenvalue weighted by atomic mass is 16.5. The van der Waals surface area contributed by atoms with Gasteiger partial charge in [0.05, 0.1) is 13.2 Å². The summed E-state index contributed by atoms with van der Waals surface area (Å²) in [5.74, 6) is 0.837. The molecule has 124 valence electrons. The van der Waals surface area contributed by atoms with E-state index in [9.17, 15) is 4.79 Å². The van der Waals surface area contributed by atoms with Gasteiger partial charge in [-0.1, -0.05) is 18.7 Å². The Hall–Kier alpha value is -2.66. The van der Waals surface area contributed by atoms with Gasteiger partial charge in [0.1, 0.15) is 5.82 Å². The van der Waals surface area contributed by atoms with Crippen LogP contribution in [0.5, 0.6) is 0 Å². The van der Waals surface area contributed by atoms with Crippen molar-refractivity contribution in [1.29, 1.82) is 0 Å². The summed E-state index contributed by atoms with van der Waals surface area (Å²) >= 11 is 0. The van der Waals surface area contributed by atoms with Crippen molar-refractivity contribution in [2.75, 3.05) is 31.6 Å². The number of pyridine rings is 1. The number of aromatic nitrogens is 1. The van der Waals surface area contributed by atoms with E-state index in [1.165, 1.54) is 0 Å². The van der Waals surface area contributed by atoms with Gasteiger partial charge in [0.15, 0.2) is 0 Å². The van der Waals surface area contributed by atoms with Crippen LogP contribution in [0.15, 0.2) is 49.3 Å². The fourth-order valence-corrected chi connectivity index (χ4v) is 2.76. The Balaban J connectivity index is 1.86. The Morgan fingerprint density at radius 2 is 2.08 bits per heavy atom. The summed E-state index contributed by atoms with van der Waals surface area (Å²) in [5.41, 5.74) is 3.69. The summed E-state index contributed by atoms with van der Waals surface area (Å²) < 4.78 is 5.31. The lowest BCUT2D eigenvalue weighted by Crippen LogP contribution is -2.40. The van der Waals surface area contributed by atoms with Crippen LogP contribution in [0, 0.1) is 6.92 Å². The molecule has 5 heteroatoms. The van der Waals surface area contributed by atoms with E-state index >= 15 is 0 Å². The number of aryl methyl sites for hydroxylation is 1. The van der Waals surface area contributed by atoms with Crippen LogP contribution in [0.4, 0.5) is 5.82 Å². The van der Waals surface area contributed by atoms with Crippen LogP contribution in [0.2, 0.25) is 0 Å². The van der Waals surface area contributed by atoms with Crippen LogP contribution in [-0.4, -0.2) is 42.1 Å². The van der Waals surface area contributed by atoms with E-state index in [1.54, 1.807) is 12.4 Å². The Labute approximate surface area is 142 Å². The monoisotopic (exact) mass is 323 g/mol. The van der Waals surface area contributed by atoms with E-state index in [-0.39, 0.29) is 5.91 Å². The second kappa shape index (κ2) is 7.27. The molecular formula is C19H21N3O2. The van der Waals surface area contributed by atoms with Crippen LogP contribution < -0.4 is 5.32 Å². The number of benzene rings is 1. The van der Waals surface area contributed by atoms with E-state index in [4.69, 9.17) is 4.74 Å². The number of rotatable bonds is 4. The van der Waals surface area contributed by atoms with Gasteiger partial charge in [0.2, 0.25) is 0 Å². The number of hydrogen-bond acceptors (Lipinski definition) is 4. The van der Waals surface area contributed by atoms with Gasteiger partial charge in [-0.25, -0.2) is 4.98 Å². The molecule has 1 aliphatic rings. The minimum atomic E-state index is 0.0507. The molecular weight excluding hydrogens is 302 g/mol. The van der Waals surface area contributed by atoms with Crippen LogP contribution in [0.25, 0.3) is 11.1 Å². The molecule has 0 unspecified atom stereocenters. The average molecular weight is 323 g/mol. The number of nitrogens with zero attached hydrogens (tertiary/aromatic N) is 2. The quantitative estimate of drug-likeness (QED) is 0.939. The fourth-order valence-electron chi connectivity index (χ4n) is 2.76. The molecule has 0 saturated carbocycles. The van der Waals surface area contributed by atoms with Crippen LogP contribution in [-0.2, 0) is 4.74 Å². The summed E-state index contributed by atoms with van der Waals surface area (Å²) in [7, 11) is 0. The topological polar surface area (TPSA) is 54.5 Å². The molecule has 1 aromatic carbocycles. The van der Waals surface area contributed by atoms with E-state index < -0.39 is 0 Å². The molecule has 1 saturated heterocycles. The maximum Gasteiger partial charge on any atom is 0.254 e. The minimum absolute atomic E-state index is 0.0507. The van der Waals surface area contributed by atoms with Crippen molar-refractivity contribution in [3.63, 3.8) is 0 Å². The van der Waals surface area contributed by atoms with E-state index in [2.05, 4.69) is 22.9 Å². The first-order valence-electron chi connectivity index (χ1n) is 8.00. The lowest BCUT2D eigenvalue weighted by molar-refractivity contribution is 0.0303. The first kappa shape index (κ1) is 16.2. The smallest absolute Gasteiger partial charge is 0.254 e. The lowest BCUT2D eigenvalue weighted by Gasteiger charge is -2.27. The van der Waals surface area contributed by atoms with E-state index in [0.29, 0.717) is 31.9 Å². The first-order valence-corrected chi connectivity index (χ1v) is 8.00. The number of hydrogen-bond donors (Lipinski definition) is 1. The van der Waals surface area contributed by atoms with Crippen molar-refractivity contribution in [3.05, 3.63) is 60.4 Å². The summed E-state index contributed by atoms with van der Waals surface area (Å²) in [4.78, 5) is 18.9. The molecule has 2 heterocycles. The molecule has 0 atom stereocenters. The van der Waals surface area contributed by atoms with Gasteiger partial charge in [-0.2, -0.15) is 0 Å². The molecule has 3 rings (SSSR count). The number of carbonyl (C=O) groups excluding carboxylic acids is 1. The van der Waals surface area contributed by atoms with Gasteiger partial charge in [-0.15, -0.1) is 0 Å². The third kappa shape index (κ3) is 3.46. The molecule has 5 nitrogen and oxygen atoms in total. The Morgan fingerprint density at radius 1 is 1.29 bits per heavy atom. The van der Waals surface area contributed by atoms with Crippen molar-refractivity contribution in [2.45, 2.75) is 6.92 Å². The van der Waals surface area contributed by atoms with Crippen molar-refractivity contribution in [2.24, 2.45) is 0 Å². The van der Waals surface area contributed by atoms with Crippen molar-refractivity contribution in [1.82, 2.24) is 9.88 Å². The van der Waals surface area contributed by atoms with Crippen molar-refractivity contribution in [3.8, 4) is 11.1 Å². The molecule has 1 aliphatic heterocycles. The second-order valence-electron chi connectivity index (χ2n) is 5.72. The summed E-state index contributed by atoms with van der Waals surface area (Å²) in [5, 5.41) is 3.01. The molecule has 1 amide bonds. The predicted octanol–water partition coefficient (Wildman–Crippen LogP) is 3.08. The second-order valence-corrected chi connectivity index (χ2v) is 5.72. The highest BCUT2D eigenvalue weighted by Gasteiger charge is 2.18. The average Bonchev–Trinajstić information content (AvgIpc) is 2.64. The van der Waals surface area contributed by atoms with Gasteiger partial charge in [0, 0.05) is 30.4 Å². The first-order chi connectivity index (χ1) is 11.7. The van der Waals surface area contributed by atoms with Crippen LogP contribution in [0.3, 0.4) is 0 Å². The molecule has 1 N–H and O–H groups in total. The number of carbonyl (C=O) groups is 1. The molecule has 2 aromatic rings. The minimum Gasteiger partial charge on any atom is -0.378 e. The van der Waals surface area contributed by atoms with Gasteiger partial charge >= 0.3 is 0 Å². The molecule has 0 spiro atoms. The Morgan fingerprint density at radius 3 is 2.79 bits per heavy atom. The molecule has 1 fully saturated rings. The lowest BCUT2D eigenvalue weighted by atomic mass is 10.0. The zero-order valence-corrected chi connectivity index (χ0v) is 13.8. The molecule has 0 bridgehead atoms. The van der Waals surface area contributed by atoms with Crippen molar-refractivity contribution >= 4 is 11.7 Å². The highest BCUT2D eigenvalue weighted by molar-refractivity contribution is 5.95. The van der Waals surface area contributed by atoms with Gasteiger partial charge in [-0.05, 0) is 42.4 Å². The Bertz CT molecular complexity index is 752. The summed E-state index contributed by atoms with van der Waals surface area (Å²) in [6.45, 7) is 8.14. The van der Waals surface area contributed by atoms with E-state index in [1.807, 2.05) is 36.1 Å². The maximum absolute atomic E-state index is 12.6. The number of morpholine rings is 1. The standard InChI is InChI=1S/C19H21N3O2/c1-3-20-18-14(2)11-17(13-21-18)15-5-4-6-16(12-15)19(23)22-7-9-24-10-8-22/h3-6,11-13H,1,7-10H2,2H3,(H,20,21). The third-order valence-corrected chi connectivity index (χ3v) is 4.06. The zero-order chi connectivity index (χ0) is 16.9. The number of anilines is 1. The largest absolute Gasteiger partial charge is 0.378 e. The van der Waals surface area contributed by atoms with Crippen LogP contribution in [0.1, 0.15) is 15.9 Å².